The Labute approximate surface area is 167 Å². The van der Waals surface area contributed by atoms with E-state index in [2.05, 4.69) is 26.8 Å². The summed E-state index contributed by atoms with van der Waals surface area (Å²) in [6.45, 7) is 4.13. The van der Waals surface area contributed by atoms with Crippen molar-refractivity contribution in [3.63, 3.8) is 0 Å². The Kier molecular flexibility index (Phi) is 5.23. The minimum atomic E-state index is -0.0357. The van der Waals surface area contributed by atoms with Gasteiger partial charge in [0.05, 0.1) is 12.3 Å². The van der Waals surface area contributed by atoms with Crippen molar-refractivity contribution in [2.24, 2.45) is 0 Å². The molecule has 0 bridgehead atoms. The lowest BCUT2D eigenvalue weighted by molar-refractivity contribution is 0.305. The van der Waals surface area contributed by atoms with E-state index in [9.17, 15) is 5.11 Å². The number of para-hydroxylation sites is 1. The van der Waals surface area contributed by atoms with Gasteiger partial charge in [0.2, 0.25) is 5.95 Å². The van der Waals surface area contributed by atoms with E-state index in [4.69, 9.17) is 5.73 Å². The van der Waals surface area contributed by atoms with Crippen molar-refractivity contribution in [1.29, 1.82) is 0 Å². The van der Waals surface area contributed by atoms with E-state index < -0.39 is 0 Å². The minimum Gasteiger partial charge on any atom is -0.395 e. The van der Waals surface area contributed by atoms with Crippen LogP contribution in [-0.2, 0) is 0 Å². The summed E-state index contributed by atoms with van der Waals surface area (Å²) < 4.78 is 0. The van der Waals surface area contributed by atoms with Crippen molar-refractivity contribution in [3.05, 3.63) is 53.7 Å². The molecule has 28 heavy (non-hydrogen) atoms. The van der Waals surface area contributed by atoms with Gasteiger partial charge in [-0.25, -0.2) is 9.97 Å². The fraction of sp³-hybridized carbons (Fsp3) is 0.250. The summed E-state index contributed by atoms with van der Waals surface area (Å²) in [6, 6.07) is 9.68. The highest BCUT2D eigenvalue weighted by Gasteiger charge is 2.26. The SMILES string of the molecule is C=Cc1nc(N(CCO)c2ccccc2)nc(Nc2ncc(C3CC3)s2)c1N. The van der Waals surface area contributed by atoms with Crippen LogP contribution in [0.1, 0.15) is 29.3 Å². The van der Waals surface area contributed by atoms with Crippen LogP contribution in [0.5, 0.6) is 0 Å². The Bertz CT molecular complexity index is 970. The molecule has 0 atom stereocenters. The first kappa shape index (κ1) is 18.4. The molecule has 1 fully saturated rings. The maximum Gasteiger partial charge on any atom is 0.232 e. The van der Waals surface area contributed by atoms with Crippen LogP contribution in [-0.4, -0.2) is 33.2 Å². The Morgan fingerprint density at radius 3 is 2.75 bits per heavy atom. The van der Waals surface area contributed by atoms with Crippen molar-refractivity contribution >= 4 is 45.7 Å². The average Bonchev–Trinajstić information content (AvgIpc) is 3.47. The zero-order valence-corrected chi connectivity index (χ0v) is 16.2. The molecule has 144 valence electrons. The van der Waals surface area contributed by atoms with Gasteiger partial charge in [0.15, 0.2) is 10.9 Å². The van der Waals surface area contributed by atoms with Crippen molar-refractivity contribution in [2.45, 2.75) is 18.8 Å². The lowest BCUT2D eigenvalue weighted by Crippen LogP contribution is -2.24. The third-order valence-corrected chi connectivity index (χ3v) is 5.59. The van der Waals surface area contributed by atoms with Crippen LogP contribution in [0, 0.1) is 0 Å². The lowest BCUT2D eigenvalue weighted by Gasteiger charge is -2.23. The van der Waals surface area contributed by atoms with E-state index in [0.717, 1.165) is 10.8 Å². The van der Waals surface area contributed by atoms with Crippen molar-refractivity contribution in [3.8, 4) is 0 Å². The number of nitrogens with zero attached hydrogens (tertiary/aromatic N) is 4. The first-order valence-corrected chi connectivity index (χ1v) is 9.97. The molecular formula is C20H22N6OS. The van der Waals surface area contributed by atoms with E-state index in [-0.39, 0.29) is 6.61 Å². The van der Waals surface area contributed by atoms with Crippen molar-refractivity contribution in [1.82, 2.24) is 15.0 Å². The Hall–Kier alpha value is -2.97. The quantitative estimate of drug-likeness (QED) is 0.532. The van der Waals surface area contributed by atoms with Crippen molar-refractivity contribution in [2.75, 3.05) is 29.1 Å². The summed E-state index contributed by atoms with van der Waals surface area (Å²) >= 11 is 1.62. The monoisotopic (exact) mass is 394 g/mol. The number of aromatic nitrogens is 3. The number of nitrogen functional groups attached to an aromatic ring is 1. The second kappa shape index (κ2) is 7.95. The largest absolute Gasteiger partial charge is 0.395 e. The van der Waals surface area contributed by atoms with E-state index in [1.54, 1.807) is 17.4 Å². The lowest BCUT2D eigenvalue weighted by atomic mass is 10.3. The Balaban J connectivity index is 1.70. The number of thiazole rings is 1. The van der Waals surface area contributed by atoms with Gasteiger partial charge in [0.1, 0.15) is 5.69 Å². The predicted molar refractivity (Wildman–Crippen MR) is 114 cm³/mol. The molecule has 2 aromatic heterocycles. The summed E-state index contributed by atoms with van der Waals surface area (Å²) in [5, 5.41) is 13.5. The van der Waals surface area contributed by atoms with Crippen LogP contribution in [0.3, 0.4) is 0 Å². The van der Waals surface area contributed by atoms with Crippen LogP contribution >= 0.6 is 11.3 Å². The number of benzene rings is 1. The number of aliphatic hydroxyl groups excluding tert-OH is 1. The molecule has 2 heterocycles. The smallest absolute Gasteiger partial charge is 0.232 e. The normalized spacial score (nSPS) is 13.3. The van der Waals surface area contributed by atoms with E-state index in [1.807, 2.05) is 41.4 Å². The summed E-state index contributed by atoms with van der Waals surface area (Å²) in [4.78, 5) is 16.7. The number of aliphatic hydroxyl groups is 1. The molecule has 3 aromatic rings. The topological polar surface area (TPSA) is 100 Å². The third-order valence-electron chi connectivity index (χ3n) is 4.52. The number of nitrogens with one attached hydrogen (secondary N) is 1. The molecule has 1 aliphatic rings. The third kappa shape index (κ3) is 3.83. The van der Waals surface area contributed by atoms with Crippen LogP contribution < -0.4 is 16.0 Å². The summed E-state index contributed by atoms with van der Waals surface area (Å²) in [6.07, 6.45) is 5.98. The van der Waals surface area contributed by atoms with Crippen LogP contribution in [0.15, 0.2) is 43.1 Å². The second-order valence-electron chi connectivity index (χ2n) is 6.55. The Morgan fingerprint density at radius 1 is 1.29 bits per heavy atom. The molecule has 1 aliphatic carbocycles. The summed E-state index contributed by atoms with van der Waals surface area (Å²) in [5.74, 6) is 1.56. The molecule has 0 amide bonds. The molecule has 0 radical (unpaired) electrons. The van der Waals surface area contributed by atoms with Gasteiger partial charge < -0.3 is 21.1 Å². The number of nitrogens with two attached hydrogens (primary N) is 1. The summed E-state index contributed by atoms with van der Waals surface area (Å²) in [7, 11) is 0. The number of rotatable bonds is 8. The maximum atomic E-state index is 9.54. The van der Waals surface area contributed by atoms with Gasteiger partial charge in [0, 0.05) is 23.3 Å². The van der Waals surface area contributed by atoms with Gasteiger partial charge in [-0.05, 0) is 37.0 Å². The molecule has 4 rings (SSSR count). The van der Waals surface area contributed by atoms with Gasteiger partial charge in [0.25, 0.3) is 0 Å². The van der Waals surface area contributed by atoms with Gasteiger partial charge in [-0.3, -0.25) is 0 Å². The second-order valence-corrected chi connectivity index (χ2v) is 7.62. The molecule has 1 aromatic carbocycles. The predicted octanol–water partition coefficient (Wildman–Crippen LogP) is 3.91. The van der Waals surface area contributed by atoms with Crippen LogP contribution in [0.25, 0.3) is 6.08 Å². The molecule has 8 heteroatoms. The van der Waals surface area contributed by atoms with Gasteiger partial charge in [-0.1, -0.05) is 24.8 Å². The number of hydrogen-bond donors (Lipinski definition) is 3. The van der Waals surface area contributed by atoms with Crippen LogP contribution in [0.4, 0.5) is 28.3 Å². The van der Waals surface area contributed by atoms with E-state index in [0.29, 0.717) is 35.6 Å². The van der Waals surface area contributed by atoms with Gasteiger partial charge in [-0.15, -0.1) is 11.3 Å². The standard InChI is InChI=1S/C20H22N6OS/c1-2-15-17(21)18(25-20-22-12-16(28-20)13-8-9-13)24-19(23-15)26(10-11-27)14-6-4-3-5-7-14/h2-7,12-13,27H,1,8-11,21H2,(H,22,23,24,25). The highest BCUT2D eigenvalue weighted by Crippen LogP contribution is 2.44. The van der Waals surface area contributed by atoms with Crippen molar-refractivity contribution < 1.29 is 5.11 Å². The fourth-order valence-corrected chi connectivity index (χ4v) is 3.89. The van der Waals surface area contributed by atoms with E-state index in [1.165, 1.54) is 17.7 Å². The van der Waals surface area contributed by atoms with Gasteiger partial charge >= 0.3 is 0 Å². The zero-order chi connectivity index (χ0) is 19.5. The first-order chi connectivity index (χ1) is 13.7. The summed E-state index contributed by atoms with van der Waals surface area (Å²) in [5.41, 5.74) is 8.08. The maximum absolute atomic E-state index is 9.54. The molecule has 7 nitrogen and oxygen atoms in total. The Morgan fingerprint density at radius 2 is 2.07 bits per heavy atom. The molecule has 1 saturated carbocycles. The molecular weight excluding hydrogens is 372 g/mol. The first-order valence-electron chi connectivity index (χ1n) is 9.15. The number of hydrogen-bond acceptors (Lipinski definition) is 8. The minimum absolute atomic E-state index is 0.0357. The van der Waals surface area contributed by atoms with Gasteiger partial charge in [-0.2, -0.15) is 4.98 Å². The molecule has 0 unspecified atom stereocenters. The van der Waals surface area contributed by atoms with E-state index >= 15 is 0 Å². The zero-order valence-electron chi connectivity index (χ0n) is 15.4. The highest BCUT2D eigenvalue weighted by molar-refractivity contribution is 7.15. The number of anilines is 5. The molecule has 0 aliphatic heterocycles. The molecule has 0 saturated heterocycles. The highest BCUT2D eigenvalue weighted by atomic mass is 32.1. The average molecular weight is 395 g/mol. The molecule has 4 N–H and O–H groups in total. The van der Waals surface area contributed by atoms with Crippen LogP contribution in [0.2, 0.25) is 0 Å². The molecule has 0 spiro atoms. The fourth-order valence-electron chi connectivity index (χ4n) is 2.90.